The summed E-state index contributed by atoms with van der Waals surface area (Å²) in [7, 11) is 1.60. The fraction of sp³-hybridized carbons (Fsp3) is 0.400. The molecule has 0 unspecified atom stereocenters. The zero-order chi connectivity index (χ0) is 12.1. The fourth-order valence-electron chi connectivity index (χ4n) is 2.26. The van der Waals surface area contributed by atoms with Crippen molar-refractivity contribution >= 4 is 5.78 Å². The zero-order valence-electron chi connectivity index (χ0n) is 10.2. The summed E-state index contributed by atoms with van der Waals surface area (Å²) in [6.45, 7) is 0. The highest BCUT2D eigenvalue weighted by molar-refractivity contribution is 6.06. The van der Waals surface area contributed by atoms with Crippen molar-refractivity contribution in [2.24, 2.45) is 0 Å². The Morgan fingerprint density at radius 3 is 2.59 bits per heavy atom. The molecule has 2 rings (SSSR count). The number of carbonyl (C=O) groups excluding carboxylic acids is 1. The lowest BCUT2D eigenvalue weighted by Crippen LogP contribution is -2.02. The molecule has 0 aliphatic heterocycles. The zero-order valence-corrected chi connectivity index (χ0v) is 10.2. The number of benzene rings is 1. The van der Waals surface area contributed by atoms with Crippen molar-refractivity contribution in [2.45, 2.75) is 32.1 Å². The molecule has 17 heavy (non-hydrogen) atoms. The second kappa shape index (κ2) is 5.67. The second-order valence-electron chi connectivity index (χ2n) is 4.43. The van der Waals surface area contributed by atoms with Gasteiger partial charge in [0, 0.05) is 0 Å². The van der Waals surface area contributed by atoms with Crippen molar-refractivity contribution in [1.29, 1.82) is 0 Å². The van der Waals surface area contributed by atoms with Crippen LogP contribution in [0, 0.1) is 0 Å². The van der Waals surface area contributed by atoms with Crippen LogP contribution in [0.2, 0.25) is 0 Å². The molecule has 1 aromatic rings. The molecule has 1 saturated carbocycles. The third-order valence-electron chi connectivity index (χ3n) is 3.20. The third-order valence-corrected chi connectivity index (χ3v) is 3.20. The molecule has 0 radical (unpaired) electrons. The third kappa shape index (κ3) is 2.96. The minimum atomic E-state index is 0.0688. The smallest absolute Gasteiger partial charge is 0.189 e. The summed E-state index contributed by atoms with van der Waals surface area (Å²) in [6, 6.07) is 7.39. The van der Waals surface area contributed by atoms with Crippen LogP contribution < -0.4 is 4.74 Å². The Bertz CT molecular complexity index is 424. The topological polar surface area (TPSA) is 26.3 Å². The van der Waals surface area contributed by atoms with Gasteiger partial charge in [-0.3, -0.25) is 4.79 Å². The minimum absolute atomic E-state index is 0.0688. The molecule has 0 heterocycles. The highest BCUT2D eigenvalue weighted by Gasteiger charge is 2.12. The van der Waals surface area contributed by atoms with E-state index in [0.29, 0.717) is 11.3 Å². The molecule has 2 nitrogen and oxygen atoms in total. The standard InChI is InChI=1S/C15H18O2/c1-17-15-10-6-5-9-13(15)14(16)11-12-7-3-2-4-8-12/h5-6,9-11H,2-4,7-8H2,1H3. The van der Waals surface area contributed by atoms with Crippen LogP contribution in [0.4, 0.5) is 0 Å². The van der Waals surface area contributed by atoms with Gasteiger partial charge in [-0.05, 0) is 43.9 Å². The van der Waals surface area contributed by atoms with E-state index in [1.807, 2.05) is 24.3 Å². The Labute approximate surface area is 102 Å². The number of ketones is 1. The summed E-state index contributed by atoms with van der Waals surface area (Å²) in [6.07, 6.45) is 7.66. The molecule has 90 valence electrons. The molecule has 0 saturated heterocycles. The number of rotatable bonds is 3. The first kappa shape index (κ1) is 11.9. The quantitative estimate of drug-likeness (QED) is 0.583. The van der Waals surface area contributed by atoms with Gasteiger partial charge in [-0.25, -0.2) is 0 Å². The monoisotopic (exact) mass is 230 g/mol. The first-order chi connectivity index (χ1) is 8.31. The number of carbonyl (C=O) groups is 1. The maximum absolute atomic E-state index is 12.1. The van der Waals surface area contributed by atoms with Gasteiger partial charge in [-0.1, -0.05) is 24.1 Å². The summed E-state index contributed by atoms with van der Waals surface area (Å²) >= 11 is 0. The normalized spacial score (nSPS) is 15.5. The van der Waals surface area contributed by atoms with Crippen molar-refractivity contribution in [3.05, 3.63) is 41.5 Å². The van der Waals surface area contributed by atoms with Crippen molar-refractivity contribution in [3.63, 3.8) is 0 Å². The number of para-hydroxylation sites is 1. The van der Waals surface area contributed by atoms with Gasteiger partial charge in [0.2, 0.25) is 0 Å². The molecule has 0 spiro atoms. The van der Waals surface area contributed by atoms with Crippen molar-refractivity contribution < 1.29 is 9.53 Å². The SMILES string of the molecule is COc1ccccc1C(=O)C=C1CCCCC1. The predicted molar refractivity (Wildman–Crippen MR) is 68.5 cm³/mol. The summed E-state index contributed by atoms with van der Waals surface area (Å²) in [4.78, 5) is 12.1. The lowest BCUT2D eigenvalue weighted by molar-refractivity contribution is 0.104. The molecule has 1 aliphatic carbocycles. The van der Waals surface area contributed by atoms with E-state index in [9.17, 15) is 4.79 Å². The fourth-order valence-corrected chi connectivity index (χ4v) is 2.26. The highest BCUT2D eigenvalue weighted by Crippen LogP contribution is 2.25. The molecular weight excluding hydrogens is 212 g/mol. The Balaban J connectivity index is 2.18. The van der Waals surface area contributed by atoms with Crippen LogP contribution in [-0.4, -0.2) is 12.9 Å². The molecule has 0 amide bonds. The van der Waals surface area contributed by atoms with Gasteiger partial charge in [0.15, 0.2) is 5.78 Å². The van der Waals surface area contributed by atoms with Gasteiger partial charge >= 0.3 is 0 Å². The highest BCUT2D eigenvalue weighted by atomic mass is 16.5. The van der Waals surface area contributed by atoms with E-state index in [1.54, 1.807) is 13.2 Å². The van der Waals surface area contributed by atoms with Crippen LogP contribution in [0.3, 0.4) is 0 Å². The Morgan fingerprint density at radius 1 is 1.18 bits per heavy atom. The van der Waals surface area contributed by atoms with Crippen molar-refractivity contribution in [2.75, 3.05) is 7.11 Å². The van der Waals surface area contributed by atoms with Gasteiger partial charge in [0.25, 0.3) is 0 Å². The van der Waals surface area contributed by atoms with Crippen LogP contribution in [0.25, 0.3) is 0 Å². The van der Waals surface area contributed by atoms with Gasteiger partial charge < -0.3 is 4.74 Å². The van der Waals surface area contributed by atoms with E-state index in [2.05, 4.69) is 0 Å². The predicted octanol–water partition coefficient (Wildman–Crippen LogP) is 3.77. The Hall–Kier alpha value is -1.57. The first-order valence-corrected chi connectivity index (χ1v) is 6.18. The van der Waals surface area contributed by atoms with E-state index in [0.717, 1.165) is 12.8 Å². The average molecular weight is 230 g/mol. The molecule has 0 bridgehead atoms. The number of methoxy groups -OCH3 is 1. The van der Waals surface area contributed by atoms with E-state index in [-0.39, 0.29) is 5.78 Å². The largest absolute Gasteiger partial charge is 0.496 e. The molecule has 0 atom stereocenters. The Kier molecular flexibility index (Phi) is 3.97. The number of ether oxygens (including phenoxy) is 1. The van der Waals surface area contributed by atoms with Crippen LogP contribution in [0.1, 0.15) is 42.5 Å². The lowest BCUT2D eigenvalue weighted by Gasteiger charge is -2.13. The summed E-state index contributed by atoms with van der Waals surface area (Å²) in [5.41, 5.74) is 1.94. The molecule has 2 heteroatoms. The molecule has 1 fully saturated rings. The molecule has 1 aliphatic rings. The van der Waals surface area contributed by atoms with Gasteiger partial charge in [0.05, 0.1) is 12.7 Å². The van der Waals surface area contributed by atoms with Crippen molar-refractivity contribution in [3.8, 4) is 5.75 Å². The van der Waals surface area contributed by atoms with E-state index < -0.39 is 0 Å². The second-order valence-corrected chi connectivity index (χ2v) is 4.43. The summed E-state index contributed by atoms with van der Waals surface area (Å²) < 4.78 is 5.21. The Morgan fingerprint density at radius 2 is 1.88 bits per heavy atom. The van der Waals surface area contributed by atoms with Gasteiger partial charge in [0.1, 0.15) is 5.75 Å². The van der Waals surface area contributed by atoms with E-state index >= 15 is 0 Å². The van der Waals surface area contributed by atoms with Gasteiger partial charge in [-0.15, -0.1) is 0 Å². The van der Waals surface area contributed by atoms with E-state index in [4.69, 9.17) is 4.74 Å². The number of allylic oxidation sites excluding steroid dienone is 2. The van der Waals surface area contributed by atoms with Crippen LogP contribution in [0.15, 0.2) is 35.9 Å². The summed E-state index contributed by atoms with van der Waals surface area (Å²) in [5.74, 6) is 0.726. The number of hydrogen-bond acceptors (Lipinski definition) is 2. The van der Waals surface area contributed by atoms with Gasteiger partial charge in [-0.2, -0.15) is 0 Å². The maximum Gasteiger partial charge on any atom is 0.189 e. The van der Waals surface area contributed by atoms with Crippen molar-refractivity contribution in [1.82, 2.24) is 0 Å². The van der Waals surface area contributed by atoms with Crippen LogP contribution in [-0.2, 0) is 0 Å². The molecular formula is C15H18O2. The van der Waals surface area contributed by atoms with E-state index in [1.165, 1.54) is 24.8 Å². The lowest BCUT2D eigenvalue weighted by atomic mass is 9.93. The molecule has 0 aromatic heterocycles. The molecule has 0 N–H and O–H groups in total. The average Bonchev–Trinajstić information content (AvgIpc) is 2.40. The maximum atomic E-state index is 12.1. The minimum Gasteiger partial charge on any atom is -0.496 e. The number of hydrogen-bond donors (Lipinski definition) is 0. The molecule has 1 aromatic carbocycles. The first-order valence-electron chi connectivity index (χ1n) is 6.18. The van der Waals surface area contributed by atoms with Crippen LogP contribution in [0.5, 0.6) is 5.75 Å². The summed E-state index contributed by atoms with van der Waals surface area (Å²) in [5, 5.41) is 0. The van der Waals surface area contributed by atoms with Crippen LogP contribution >= 0.6 is 0 Å².